The van der Waals surface area contributed by atoms with Crippen LogP contribution in [-0.2, 0) is 11.2 Å². The van der Waals surface area contributed by atoms with E-state index in [1.165, 1.54) is 0 Å². The molecule has 4 heteroatoms. The van der Waals surface area contributed by atoms with Gasteiger partial charge >= 0.3 is 0 Å². The minimum atomic E-state index is -0.962. The normalized spacial score (nSPS) is 13.2. The van der Waals surface area contributed by atoms with Crippen LogP contribution in [0.3, 0.4) is 0 Å². The number of benzene rings is 1. The Morgan fingerprint density at radius 2 is 2.06 bits per heavy atom. The number of hydrogen-bond donors (Lipinski definition) is 1. The monoisotopic (exact) mass is 314 g/mol. The smallest absolute Gasteiger partial charge is 0.166 e. The van der Waals surface area contributed by atoms with Crippen molar-refractivity contribution in [3.8, 4) is 5.75 Å². The van der Waals surface area contributed by atoms with E-state index in [1.54, 1.807) is 13.2 Å². The summed E-state index contributed by atoms with van der Waals surface area (Å²) in [4.78, 5) is 12.0. The van der Waals surface area contributed by atoms with E-state index in [0.29, 0.717) is 5.75 Å². The highest BCUT2D eigenvalue weighted by molar-refractivity contribution is 9.10. The number of ketones is 1. The lowest BCUT2D eigenvalue weighted by atomic mass is 9.85. The van der Waals surface area contributed by atoms with Crippen LogP contribution in [-0.4, -0.2) is 24.1 Å². The first-order chi connectivity index (χ1) is 8.25. The molecule has 0 saturated carbocycles. The van der Waals surface area contributed by atoms with Gasteiger partial charge in [0.1, 0.15) is 11.9 Å². The third-order valence-electron chi connectivity index (χ3n) is 2.74. The van der Waals surface area contributed by atoms with Crippen LogP contribution in [0, 0.1) is 5.41 Å². The summed E-state index contributed by atoms with van der Waals surface area (Å²) in [5, 5.41) is 9.94. The molecule has 1 unspecified atom stereocenters. The molecule has 1 aromatic rings. The quantitative estimate of drug-likeness (QED) is 0.929. The minimum Gasteiger partial charge on any atom is -0.497 e. The molecule has 0 amide bonds. The molecule has 0 aromatic heterocycles. The number of halogens is 1. The summed E-state index contributed by atoms with van der Waals surface area (Å²) < 4.78 is 5.97. The lowest BCUT2D eigenvalue weighted by Gasteiger charge is -2.24. The van der Waals surface area contributed by atoms with Crippen molar-refractivity contribution < 1.29 is 14.6 Å². The van der Waals surface area contributed by atoms with E-state index < -0.39 is 11.5 Å². The topological polar surface area (TPSA) is 46.5 Å². The number of aliphatic hydroxyl groups excluding tert-OH is 1. The average Bonchev–Trinajstić information content (AvgIpc) is 2.29. The molecule has 1 rings (SSSR count). The van der Waals surface area contributed by atoms with Crippen molar-refractivity contribution in [3.05, 3.63) is 28.2 Å². The number of hydrogen-bond acceptors (Lipinski definition) is 3. The number of rotatable bonds is 4. The molecule has 0 spiro atoms. The molecule has 1 atom stereocenters. The molecule has 100 valence electrons. The van der Waals surface area contributed by atoms with Gasteiger partial charge in [0, 0.05) is 10.9 Å². The van der Waals surface area contributed by atoms with Crippen molar-refractivity contribution in [2.45, 2.75) is 33.3 Å². The fraction of sp³-hybridized carbons (Fsp3) is 0.500. The van der Waals surface area contributed by atoms with E-state index in [4.69, 9.17) is 4.74 Å². The number of carbonyl (C=O) groups is 1. The Morgan fingerprint density at radius 3 is 2.56 bits per heavy atom. The molecule has 0 saturated heterocycles. The lowest BCUT2D eigenvalue weighted by molar-refractivity contribution is -0.131. The van der Waals surface area contributed by atoms with Crippen molar-refractivity contribution in [3.63, 3.8) is 0 Å². The highest BCUT2D eigenvalue weighted by Gasteiger charge is 2.29. The van der Waals surface area contributed by atoms with Crippen molar-refractivity contribution in [2.75, 3.05) is 7.11 Å². The standard InChI is InChI=1S/C14H19BrO3/c1-14(2,3)13(17)12(16)8-9-7-10(18-4)5-6-11(9)15/h5-7,13,17H,8H2,1-4H3. The Kier molecular flexibility index (Phi) is 4.93. The highest BCUT2D eigenvalue weighted by atomic mass is 79.9. The van der Waals surface area contributed by atoms with Gasteiger partial charge in [0.05, 0.1) is 7.11 Å². The van der Waals surface area contributed by atoms with E-state index >= 15 is 0 Å². The lowest BCUT2D eigenvalue weighted by Crippen LogP contribution is -2.35. The molecule has 0 fully saturated rings. The third kappa shape index (κ3) is 3.82. The summed E-state index contributed by atoms with van der Waals surface area (Å²) in [6.07, 6.45) is -0.772. The Bertz CT molecular complexity index is 435. The maximum Gasteiger partial charge on any atom is 0.166 e. The van der Waals surface area contributed by atoms with Gasteiger partial charge in [-0.05, 0) is 29.2 Å². The molecule has 1 aromatic carbocycles. The van der Waals surface area contributed by atoms with Crippen LogP contribution in [0.1, 0.15) is 26.3 Å². The van der Waals surface area contributed by atoms with Crippen LogP contribution in [0.5, 0.6) is 5.75 Å². The van der Waals surface area contributed by atoms with Crippen molar-refractivity contribution in [1.82, 2.24) is 0 Å². The first-order valence-electron chi connectivity index (χ1n) is 5.79. The van der Waals surface area contributed by atoms with Gasteiger partial charge in [-0.25, -0.2) is 0 Å². The Labute approximate surface area is 116 Å². The van der Waals surface area contributed by atoms with Crippen molar-refractivity contribution >= 4 is 21.7 Å². The van der Waals surface area contributed by atoms with Crippen LogP contribution < -0.4 is 4.74 Å². The first-order valence-corrected chi connectivity index (χ1v) is 6.58. The Hall–Kier alpha value is -0.870. The van der Waals surface area contributed by atoms with Gasteiger partial charge in [0.25, 0.3) is 0 Å². The molecular formula is C14H19BrO3. The van der Waals surface area contributed by atoms with Crippen LogP contribution >= 0.6 is 15.9 Å². The second-order valence-electron chi connectivity index (χ2n) is 5.37. The summed E-state index contributed by atoms with van der Waals surface area (Å²) in [5.41, 5.74) is 0.380. The number of Topliss-reactive ketones (excluding diaryl/α,β-unsaturated/α-hetero) is 1. The highest BCUT2D eigenvalue weighted by Crippen LogP contribution is 2.26. The fourth-order valence-electron chi connectivity index (χ4n) is 1.58. The largest absolute Gasteiger partial charge is 0.497 e. The second-order valence-corrected chi connectivity index (χ2v) is 6.22. The van der Waals surface area contributed by atoms with Crippen LogP contribution in [0.15, 0.2) is 22.7 Å². The third-order valence-corrected chi connectivity index (χ3v) is 3.52. The maximum absolute atomic E-state index is 12.0. The van der Waals surface area contributed by atoms with Gasteiger partial charge in [-0.1, -0.05) is 36.7 Å². The summed E-state index contributed by atoms with van der Waals surface area (Å²) in [7, 11) is 1.58. The summed E-state index contributed by atoms with van der Waals surface area (Å²) in [6.45, 7) is 5.53. The number of ether oxygens (including phenoxy) is 1. The van der Waals surface area contributed by atoms with Crippen LogP contribution in [0.2, 0.25) is 0 Å². The van der Waals surface area contributed by atoms with E-state index in [9.17, 15) is 9.90 Å². The molecule has 3 nitrogen and oxygen atoms in total. The molecule has 0 radical (unpaired) electrons. The second kappa shape index (κ2) is 5.85. The van der Waals surface area contributed by atoms with Gasteiger partial charge in [0.15, 0.2) is 5.78 Å². The molecule has 18 heavy (non-hydrogen) atoms. The minimum absolute atomic E-state index is 0.184. The summed E-state index contributed by atoms with van der Waals surface area (Å²) in [6, 6.07) is 5.46. The van der Waals surface area contributed by atoms with E-state index in [2.05, 4.69) is 15.9 Å². The van der Waals surface area contributed by atoms with Gasteiger partial charge in [-0.15, -0.1) is 0 Å². The molecule has 0 bridgehead atoms. The van der Waals surface area contributed by atoms with E-state index in [1.807, 2.05) is 32.9 Å². The van der Waals surface area contributed by atoms with E-state index in [-0.39, 0.29) is 12.2 Å². The predicted molar refractivity (Wildman–Crippen MR) is 74.9 cm³/mol. The van der Waals surface area contributed by atoms with E-state index in [0.717, 1.165) is 10.0 Å². The molecule has 0 aliphatic heterocycles. The zero-order valence-corrected chi connectivity index (χ0v) is 12.7. The molecule has 0 heterocycles. The molecule has 0 aliphatic rings. The van der Waals surface area contributed by atoms with Crippen molar-refractivity contribution in [1.29, 1.82) is 0 Å². The predicted octanol–water partition coefficient (Wildman–Crippen LogP) is 2.98. The molecule has 0 aliphatic carbocycles. The molecule has 1 N–H and O–H groups in total. The summed E-state index contributed by atoms with van der Waals surface area (Å²) >= 11 is 3.40. The number of methoxy groups -OCH3 is 1. The zero-order valence-electron chi connectivity index (χ0n) is 11.2. The maximum atomic E-state index is 12.0. The Balaban J connectivity index is 2.88. The first kappa shape index (κ1) is 15.2. The van der Waals surface area contributed by atoms with Crippen LogP contribution in [0.25, 0.3) is 0 Å². The van der Waals surface area contributed by atoms with Crippen LogP contribution in [0.4, 0.5) is 0 Å². The number of carbonyl (C=O) groups excluding carboxylic acids is 1. The summed E-state index contributed by atoms with van der Waals surface area (Å²) in [5.74, 6) is 0.516. The van der Waals surface area contributed by atoms with Crippen molar-refractivity contribution in [2.24, 2.45) is 5.41 Å². The Morgan fingerprint density at radius 1 is 1.44 bits per heavy atom. The fourth-order valence-corrected chi connectivity index (χ4v) is 1.97. The van der Waals surface area contributed by atoms with Gasteiger partial charge in [-0.3, -0.25) is 4.79 Å². The van der Waals surface area contributed by atoms with Gasteiger partial charge in [0.2, 0.25) is 0 Å². The molecular weight excluding hydrogens is 296 g/mol. The zero-order chi connectivity index (χ0) is 13.9. The SMILES string of the molecule is COc1ccc(Br)c(CC(=O)C(O)C(C)(C)C)c1. The number of aliphatic hydroxyl groups is 1. The van der Waals surface area contributed by atoms with Gasteiger partial charge < -0.3 is 9.84 Å². The average molecular weight is 315 g/mol. The van der Waals surface area contributed by atoms with Gasteiger partial charge in [-0.2, -0.15) is 0 Å².